The predicted octanol–water partition coefficient (Wildman–Crippen LogP) is 2.90. The molecule has 1 aromatic carbocycles. The zero-order valence-corrected chi connectivity index (χ0v) is 14.1. The zero-order chi connectivity index (χ0) is 16.6. The summed E-state index contributed by atoms with van der Waals surface area (Å²) in [7, 11) is 1.67. The Morgan fingerprint density at radius 3 is 2.79 bits per heavy atom. The van der Waals surface area contributed by atoms with Gasteiger partial charge in [-0.2, -0.15) is 0 Å². The van der Waals surface area contributed by atoms with Crippen molar-refractivity contribution in [2.75, 3.05) is 45.2 Å². The quantitative estimate of drug-likeness (QED) is 0.808. The van der Waals surface area contributed by atoms with E-state index in [0.29, 0.717) is 12.5 Å². The van der Waals surface area contributed by atoms with Gasteiger partial charge < -0.3 is 14.8 Å². The number of ether oxygens (including phenoxy) is 2. The van der Waals surface area contributed by atoms with Crippen molar-refractivity contribution in [1.29, 1.82) is 0 Å². The Bertz CT molecular complexity index is 621. The van der Waals surface area contributed by atoms with Crippen LogP contribution in [0.4, 0.5) is 5.82 Å². The van der Waals surface area contributed by atoms with Gasteiger partial charge in [0.2, 0.25) is 0 Å². The molecule has 2 heterocycles. The van der Waals surface area contributed by atoms with Crippen LogP contribution in [0.15, 0.2) is 48.7 Å². The highest BCUT2D eigenvalue weighted by molar-refractivity contribution is 5.39. The number of benzene rings is 1. The molecule has 5 heteroatoms. The number of hydrogen-bond donors (Lipinski definition) is 1. The van der Waals surface area contributed by atoms with E-state index in [0.717, 1.165) is 43.5 Å². The number of pyridine rings is 1. The second-order valence-corrected chi connectivity index (χ2v) is 6.05. The van der Waals surface area contributed by atoms with Crippen molar-refractivity contribution in [3.63, 3.8) is 0 Å². The lowest BCUT2D eigenvalue weighted by molar-refractivity contribution is 0.226. The fourth-order valence-electron chi connectivity index (χ4n) is 3.02. The summed E-state index contributed by atoms with van der Waals surface area (Å²) in [6.45, 7) is 4.83. The molecule has 2 aromatic rings. The van der Waals surface area contributed by atoms with E-state index in [1.54, 1.807) is 7.11 Å². The maximum absolute atomic E-state index is 5.86. The monoisotopic (exact) mass is 327 g/mol. The van der Waals surface area contributed by atoms with Crippen molar-refractivity contribution < 1.29 is 9.47 Å². The van der Waals surface area contributed by atoms with Gasteiger partial charge >= 0.3 is 0 Å². The molecule has 0 saturated carbocycles. The van der Waals surface area contributed by atoms with Gasteiger partial charge in [0.05, 0.1) is 7.11 Å². The number of methoxy groups -OCH3 is 1. The first-order valence-electron chi connectivity index (χ1n) is 8.48. The van der Waals surface area contributed by atoms with Crippen LogP contribution in [-0.2, 0) is 0 Å². The van der Waals surface area contributed by atoms with E-state index in [-0.39, 0.29) is 0 Å². The largest absolute Gasteiger partial charge is 0.493 e. The molecule has 1 N–H and O–H groups in total. The van der Waals surface area contributed by atoms with Gasteiger partial charge in [-0.3, -0.25) is 4.90 Å². The van der Waals surface area contributed by atoms with Crippen LogP contribution < -0.4 is 14.8 Å². The van der Waals surface area contributed by atoms with Crippen molar-refractivity contribution in [3.05, 3.63) is 48.7 Å². The summed E-state index contributed by atoms with van der Waals surface area (Å²) in [6.07, 6.45) is 3.03. The number of para-hydroxylation sites is 2. The minimum absolute atomic E-state index is 0.665. The Hall–Kier alpha value is -2.27. The maximum atomic E-state index is 5.86. The molecule has 1 aromatic heterocycles. The second-order valence-electron chi connectivity index (χ2n) is 6.05. The van der Waals surface area contributed by atoms with Gasteiger partial charge in [-0.15, -0.1) is 0 Å². The lowest BCUT2D eigenvalue weighted by Crippen LogP contribution is -2.27. The molecule has 0 amide bonds. The topological polar surface area (TPSA) is 46.6 Å². The minimum atomic E-state index is 0.665. The number of aromatic nitrogens is 1. The van der Waals surface area contributed by atoms with E-state index < -0.39 is 0 Å². The normalized spacial score (nSPS) is 17.6. The van der Waals surface area contributed by atoms with Crippen LogP contribution >= 0.6 is 0 Å². The van der Waals surface area contributed by atoms with Crippen LogP contribution in [0.3, 0.4) is 0 Å². The molecular formula is C19H25N3O2. The SMILES string of the molecule is COc1ccccc1OCCN1CC[C@H](CNc2ccccn2)C1. The molecule has 0 radical (unpaired) electrons. The smallest absolute Gasteiger partial charge is 0.161 e. The molecule has 1 atom stereocenters. The Morgan fingerprint density at radius 1 is 1.17 bits per heavy atom. The molecule has 0 aliphatic carbocycles. The Balaban J connectivity index is 1.37. The molecule has 3 rings (SSSR count). The Labute approximate surface area is 143 Å². The first-order chi connectivity index (χ1) is 11.8. The highest BCUT2D eigenvalue weighted by atomic mass is 16.5. The molecule has 0 bridgehead atoms. The second kappa shape index (κ2) is 8.55. The third-order valence-corrected chi connectivity index (χ3v) is 4.34. The van der Waals surface area contributed by atoms with Gasteiger partial charge in [0, 0.05) is 25.8 Å². The molecule has 0 spiro atoms. The number of anilines is 1. The third-order valence-electron chi connectivity index (χ3n) is 4.34. The number of nitrogens with zero attached hydrogens (tertiary/aromatic N) is 2. The van der Waals surface area contributed by atoms with E-state index >= 15 is 0 Å². The van der Waals surface area contributed by atoms with E-state index in [1.165, 1.54) is 6.42 Å². The molecule has 1 saturated heterocycles. The average molecular weight is 327 g/mol. The van der Waals surface area contributed by atoms with E-state index in [9.17, 15) is 0 Å². The van der Waals surface area contributed by atoms with Gasteiger partial charge in [-0.1, -0.05) is 18.2 Å². The predicted molar refractivity (Wildman–Crippen MR) is 95.8 cm³/mol. The lowest BCUT2D eigenvalue weighted by atomic mass is 10.1. The fraction of sp³-hybridized carbons (Fsp3) is 0.421. The molecule has 1 aliphatic rings. The first-order valence-corrected chi connectivity index (χ1v) is 8.48. The van der Waals surface area contributed by atoms with E-state index in [4.69, 9.17) is 9.47 Å². The summed E-state index contributed by atoms with van der Waals surface area (Å²) in [5, 5.41) is 3.42. The molecule has 128 valence electrons. The highest BCUT2D eigenvalue weighted by Crippen LogP contribution is 2.25. The number of rotatable bonds is 8. The molecule has 1 aliphatic heterocycles. The maximum Gasteiger partial charge on any atom is 0.161 e. The van der Waals surface area contributed by atoms with Crippen molar-refractivity contribution >= 4 is 5.82 Å². The van der Waals surface area contributed by atoms with Gasteiger partial charge in [0.15, 0.2) is 11.5 Å². The van der Waals surface area contributed by atoms with Crippen LogP contribution in [0.2, 0.25) is 0 Å². The highest BCUT2D eigenvalue weighted by Gasteiger charge is 2.22. The number of nitrogens with one attached hydrogen (secondary N) is 1. The van der Waals surface area contributed by atoms with Crippen LogP contribution in [0.25, 0.3) is 0 Å². The van der Waals surface area contributed by atoms with E-state index in [2.05, 4.69) is 15.2 Å². The van der Waals surface area contributed by atoms with Crippen molar-refractivity contribution in [2.45, 2.75) is 6.42 Å². The molecule has 5 nitrogen and oxygen atoms in total. The Morgan fingerprint density at radius 2 is 2.00 bits per heavy atom. The standard InChI is InChI=1S/C19H25N3O2/c1-23-17-6-2-3-7-18(17)24-13-12-22-11-9-16(15-22)14-21-19-8-4-5-10-20-19/h2-8,10,16H,9,11-15H2,1H3,(H,20,21)/t16-/m1/s1. The zero-order valence-electron chi connectivity index (χ0n) is 14.1. The summed E-state index contributed by atoms with van der Waals surface area (Å²) >= 11 is 0. The first kappa shape index (κ1) is 16.6. The Kier molecular flexibility index (Phi) is 5.90. The fourth-order valence-corrected chi connectivity index (χ4v) is 3.02. The van der Waals surface area contributed by atoms with Crippen LogP contribution in [0, 0.1) is 5.92 Å². The summed E-state index contributed by atoms with van der Waals surface area (Å²) < 4.78 is 11.2. The molecule has 0 unspecified atom stereocenters. The number of hydrogen-bond acceptors (Lipinski definition) is 5. The van der Waals surface area contributed by atoms with Crippen molar-refractivity contribution in [3.8, 4) is 11.5 Å². The van der Waals surface area contributed by atoms with Crippen molar-refractivity contribution in [1.82, 2.24) is 9.88 Å². The van der Waals surface area contributed by atoms with Gasteiger partial charge in [0.1, 0.15) is 12.4 Å². The molecule has 24 heavy (non-hydrogen) atoms. The summed E-state index contributed by atoms with van der Waals surface area (Å²) in [6, 6.07) is 13.7. The third kappa shape index (κ3) is 4.61. The van der Waals surface area contributed by atoms with Gasteiger partial charge in [-0.25, -0.2) is 4.98 Å². The summed E-state index contributed by atoms with van der Waals surface area (Å²) in [5.74, 6) is 3.22. The van der Waals surface area contributed by atoms with Gasteiger partial charge in [-0.05, 0) is 43.1 Å². The van der Waals surface area contributed by atoms with Crippen LogP contribution in [0.1, 0.15) is 6.42 Å². The lowest BCUT2D eigenvalue weighted by Gasteiger charge is -2.17. The van der Waals surface area contributed by atoms with Crippen LogP contribution in [-0.4, -0.2) is 49.8 Å². The summed E-state index contributed by atoms with van der Waals surface area (Å²) in [5.41, 5.74) is 0. The van der Waals surface area contributed by atoms with Crippen LogP contribution in [0.5, 0.6) is 11.5 Å². The average Bonchev–Trinajstić information content (AvgIpc) is 3.09. The molecule has 1 fully saturated rings. The minimum Gasteiger partial charge on any atom is -0.493 e. The molecular weight excluding hydrogens is 302 g/mol. The number of likely N-dealkylation sites (tertiary alicyclic amines) is 1. The van der Waals surface area contributed by atoms with Gasteiger partial charge in [0.25, 0.3) is 0 Å². The summed E-state index contributed by atoms with van der Waals surface area (Å²) in [4.78, 5) is 6.76. The van der Waals surface area contributed by atoms with E-state index in [1.807, 2.05) is 48.7 Å². The van der Waals surface area contributed by atoms with Crippen molar-refractivity contribution in [2.24, 2.45) is 5.92 Å².